The Hall–Kier alpha value is -0.650. The minimum Gasteiger partial charge on any atom is -0.394 e. The van der Waals surface area contributed by atoms with Crippen molar-refractivity contribution in [2.45, 2.75) is 50.6 Å². The highest BCUT2D eigenvalue weighted by atomic mass is 16.5. The van der Waals surface area contributed by atoms with Crippen LogP contribution in [0.3, 0.4) is 0 Å². The molecule has 1 saturated heterocycles. The Labute approximate surface area is 115 Å². The Morgan fingerprint density at radius 2 is 2.16 bits per heavy atom. The van der Waals surface area contributed by atoms with Crippen LogP contribution in [-0.4, -0.2) is 49.5 Å². The number of fused-ring (bicyclic) bond motifs is 1. The zero-order valence-electron chi connectivity index (χ0n) is 11.6. The van der Waals surface area contributed by atoms with Gasteiger partial charge < -0.3 is 20.5 Å². The van der Waals surface area contributed by atoms with Crippen molar-refractivity contribution in [1.82, 2.24) is 10.6 Å². The Balaban J connectivity index is 1.59. The number of aliphatic hydroxyl groups is 1. The number of carbonyl (C=O) groups excluding carboxylic acids is 1. The van der Waals surface area contributed by atoms with E-state index < -0.39 is 0 Å². The number of rotatable bonds is 7. The van der Waals surface area contributed by atoms with E-state index in [1.165, 1.54) is 25.7 Å². The molecule has 3 N–H and O–H groups in total. The molecule has 110 valence electrons. The van der Waals surface area contributed by atoms with E-state index in [0.717, 1.165) is 12.8 Å². The van der Waals surface area contributed by atoms with E-state index in [1.807, 2.05) is 0 Å². The molecule has 1 amide bonds. The standard InChI is InChI=1S/C14H26N2O3/c17-7-9-19-8-3-6-15-14(18)13-10-11-4-1-2-5-12(11)16-13/h11-13,16-17H,1-10H2,(H,15,18). The third-order valence-electron chi connectivity index (χ3n) is 4.18. The van der Waals surface area contributed by atoms with E-state index in [0.29, 0.717) is 31.7 Å². The van der Waals surface area contributed by atoms with Gasteiger partial charge in [-0.2, -0.15) is 0 Å². The van der Waals surface area contributed by atoms with Crippen molar-refractivity contribution in [3.05, 3.63) is 0 Å². The van der Waals surface area contributed by atoms with Gasteiger partial charge in [0.05, 0.1) is 19.3 Å². The first-order valence-corrected chi connectivity index (χ1v) is 7.53. The topological polar surface area (TPSA) is 70.6 Å². The number of amides is 1. The first kappa shape index (κ1) is 14.8. The minimum absolute atomic E-state index is 0.00598. The molecule has 3 unspecified atom stereocenters. The van der Waals surface area contributed by atoms with E-state index in [9.17, 15) is 4.79 Å². The van der Waals surface area contributed by atoms with Gasteiger partial charge in [0.25, 0.3) is 0 Å². The maximum absolute atomic E-state index is 12.0. The fraction of sp³-hybridized carbons (Fsp3) is 0.929. The fourth-order valence-electron chi connectivity index (χ4n) is 3.20. The lowest BCUT2D eigenvalue weighted by atomic mass is 9.85. The second-order valence-corrected chi connectivity index (χ2v) is 5.59. The van der Waals surface area contributed by atoms with Gasteiger partial charge in [-0.25, -0.2) is 0 Å². The summed E-state index contributed by atoms with van der Waals surface area (Å²) in [6, 6.07) is 0.573. The van der Waals surface area contributed by atoms with E-state index in [4.69, 9.17) is 9.84 Å². The predicted octanol–water partition coefficient (Wildman–Crippen LogP) is 0.422. The maximum Gasteiger partial charge on any atom is 0.237 e. The number of nitrogens with one attached hydrogen (secondary N) is 2. The van der Waals surface area contributed by atoms with Gasteiger partial charge in [-0.05, 0) is 31.6 Å². The molecule has 0 aromatic heterocycles. The van der Waals surface area contributed by atoms with E-state index in [2.05, 4.69) is 10.6 Å². The summed E-state index contributed by atoms with van der Waals surface area (Å²) >= 11 is 0. The molecule has 0 spiro atoms. The first-order chi connectivity index (χ1) is 9.31. The third kappa shape index (κ3) is 4.44. The lowest BCUT2D eigenvalue weighted by Crippen LogP contribution is -2.43. The minimum atomic E-state index is 0.00598. The van der Waals surface area contributed by atoms with E-state index in [1.54, 1.807) is 0 Å². The molecule has 1 aliphatic heterocycles. The van der Waals surface area contributed by atoms with Gasteiger partial charge in [0.2, 0.25) is 5.91 Å². The third-order valence-corrected chi connectivity index (χ3v) is 4.18. The molecule has 1 aliphatic carbocycles. The van der Waals surface area contributed by atoms with Gasteiger partial charge in [-0.15, -0.1) is 0 Å². The summed E-state index contributed by atoms with van der Waals surface area (Å²) in [7, 11) is 0. The Morgan fingerprint density at radius 3 is 2.95 bits per heavy atom. The van der Waals surface area contributed by atoms with Crippen LogP contribution in [0.4, 0.5) is 0 Å². The molecule has 1 heterocycles. The SMILES string of the molecule is O=C(NCCCOCCO)C1CC2CCCCC2N1. The summed E-state index contributed by atoms with van der Waals surface area (Å²) in [5, 5.41) is 15.0. The first-order valence-electron chi connectivity index (χ1n) is 7.53. The number of aliphatic hydroxyl groups excluding tert-OH is 1. The number of carbonyl (C=O) groups is 1. The number of hydrogen-bond acceptors (Lipinski definition) is 4. The largest absolute Gasteiger partial charge is 0.394 e. The van der Waals surface area contributed by atoms with E-state index in [-0.39, 0.29) is 18.6 Å². The van der Waals surface area contributed by atoms with Crippen LogP contribution >= 0.6 is 0 Å². The summed E-state index contributed by atoms with van der Waals surface area (Å²) in [4.78, 5) is 12.0. The molecule has 3 atom stereocenters. The lowest BCUT2D eigenvalue weighted by molar-refractivity contribution is -0.122. The number of ether oxygens (including phenoxy) is 1. The van der Waals surface area contributed by atoms with Gasteiger partial charge >= 0.3 is 0 Å². The summed E-state index contributed by atoms with van der Waals surface area (Å²) in [6.45, 7) is 1.67. The Bertz CT molecular complexity index is 272. The van der Waals surface area contributed by atoms with Gasteiger partial charge in [0.15, 0.2) is 0 Å². The van der Waals surface area contributed by atoms with Crippen molar-refractivity contribution in [1.29, 1.82) is 0 Å². The average molecular weight is 270 g/mol. The van der Waals surface area contributed by atoms with Crippen molar-refractivity contribution in [2.24, 2.45) is 5.92 Å². The quantitative estimate of drug-likeness (QED) is 0.587. The molecular weight excluding hydrogens is 244 g/mol. The van der Waals surface area contributed by atoms with Crippen LogP contribution in [-0.2, 0) is 9.53 Å². The van der Waals surface area contributed by atoms with Crippen LogP contribution < -0.4 is 10.6 Å². The van der Waals surface area contributed by atoms with E-state index >= 15 is 0 Å². The zero-order valence-corrected chi connectivity index (χ0v) is 11.6. The van der Waals surface area contributed by atoms with Gasteiger partial charge in [-0.3, -0.25) is 4.79 Å². The number of hydrogen-bond donors (Lipinski definition) is 3. The molecule has 0 bridgehead atoms. The highest BCUT2D eigenvalue weighted by molar-refractivity contribution is 5.82. The molecule has 0 aromatic carbocycles. The molecule has 2 fully saturated rings. The molecule has 2 rings (SSSR count). The summed E-state index contributed by atoms with van der Waals surface area (Å²) in [5.74, 6) is 0.842. The summed E-state index contributed by atoms with van der Waals surface area (Å²) in [6.07, 6.45) is 6.91. The van der Waals surface area contributed by atoms with Crippen molar-refractivity contribution in [3.8, 4) is 0 Å². The molecule has 0 radical (unpaired) electrons. The van der Waals surface area contributed by atoms with Crippen molar-refractivity contribution >= 4 is 5.91 Å². The average Bonchev–Trinajstić information content (AvgIpc) is 2.86. The molecule has 1 saturated carbocycles. The van der Waals surface area contributed by atoms with Gasteiger partial charge in [0.1, 0.15) is 0 Å². The van der Waals surface area contributed by atoms with Crippen LogP contribution in [0.1, 0.15) is 38.5 Å². The monoisotopic (exact) mass is 270 g/mol. The molecule has 5 heteroatoms. The van der Waals surface area contributed by atoms with Crippen LogP contribution in [0.5, 0.6) is 0 Å². The van der Waals surface area contributed by atoms with Crippen molar-refractivity contribution < 1.29 is 14.6 Å². The lowest BCUT2D eigenvalue weighted by Gasteiger charge is -2.24. The molecule has 0 aromatic rings. The smallest absolute Gasteiger partial charge is 0.237 e. The Morgan fingerprint density at radius 1 is 1.32 bits per heavy atom. The van der Waals surface area contributed by atoms with Crippen molar-refractivity contribution in [2.75, 3.05) is 26.4 Å². The second kappa shape index (κ2) is 7.82. The van der Waals surface area contributed by atoms with Gasteiger partial charge in [-0.1, -0.05) is 12.8 Å². The van der Waals surface area contributed by atoms with Crippen LogP contribution in [0.2, 0.25) is 0 Å². The highest BCUT2D eigenvalue weighted by Gasteiger charge is 2.37. The van der Waals surface area contributed by atoms with Crippen molar-refractivity contribution in [3.63, 3.8) is 0 Å². The maximum atomic E-state index is 12.0. The normalized spacial score (nSPS) is 30.1. The molecule has 5 nitrogen and oxygen atoms in total. The predicted molar refractivity (Wildman–Crippen MR) is 72.8 cm³/mol. The van der Waals surface area contributed by atoms with Crippen LogP contribution in [0.15, 0.2) is 0 Å². The van der Waals surface area contributed by atoms with Crippen LogP contribution in [0.25, 0.3) is 0 Å². The molecule has 2 aliphatic rings. The summed E-state index contributed by atoms with van der Waals surface area (Å²) < 4.78 is 5.15. The summed E-state index contributed by atoms with van der Waals surface area (Å²) in [5.41, 5.74) is 0. The molecular formula is C14H26N2O3. The highest BCUT2D eigenvalue weighted by Crippen LogP contribution is 2.33. The second-order valence-electron chi connectivity index (χ2n) is 5.59. The Kier molecular flexibility index (Phi) is 6.07. The van der Waals surface area contributed by atoms with Crippen LogP contribution in [0, 0.1) is 5.92 Å². The van der Waals surface area contributed by atoms with Gasteiger partial charge in [0, 0.05) is 19.2 Å². The zero-order chi connectivity index (χ0) is 13.5. The fourth-order valence-corrected chi connectivity index (χ4v) is 3.20. The molecule has 19 heavy (non-hydrogen) atoms.